The average molecular weight is 479 g/mol. The number of carbonyl (C=O) groups excluding carboxylic acids is 3. The normalized spacial score (nSPS) is 10.4. The van der Waals surface area contributed by atoms with E-state index in [0.29, 0.717) is 12.1 Å². The Hall–Kier alpha value is -0.190. The summed E-state index contributed by atoms with van der Waals surface area (Å²) in [4.78, 5) is 35.1. The van der Waals surface area contributed by atoms with E-state index >= 15 is 0 Å². The summed E-state index contributed by atoms with van der Waals surface area (Å²) in [7, 11) is 0. The Morgan fingerprint density at radius 1 is 0.758 bits per heavy atom. The molecule has 0 aliphatic rings. The zero-order valence-electron chi connectivity index (χ0n) is 20.3. The molecule has 0 saturated heterocycles. The van der Waals surface area contributed by atoms with Gasteiger partial charge in [0.15, 0.2) is 0 Å². The van der Waals surface area contributed by atoms with Gasteiger partial charge in [-0.25, -0.2) is 0 Å². The van der Waals surface area contributed by atoms with Crippen molar-refractivity contribution in [1.29, 1.82) is 0 Å². The van der Waals surface area contributed by atoms with E-state index in [2.05, 4.69) is 20.8 Å². The third-order valence-electron chi connectivity index (χ3n) is 4.79. The van der Waals surface area contributed by atoms with Gasteiger partial charge in [-0.05, 0) is 34.6 Å². The fraction of sp³-hybridized carbons (Fsp3) is 0.348. The van der Waals surface area contributed by atoms with Gasteiger partial charge < -0.3 is 29.7 Å². The van der Waals surface area contributed by atoms with Gasteiger partial charge in [0, 0.05) is 36.7 Å². The third-order valence-corrected chi connectivity index (χ3v) is 4.79. The maximum Gasteiger partial charge on any atom is 1.00 e. The van der Waals surface area contributed by atoms with Crippen LogP contribution in [0.15, 0.2) is 42.5 Å². The minimum Gasteiger partial charge on any atom is -0.550 e. The largest absolute Gasteiger partial charge is 1.00 e. The number of benzene rings is 2. The van der Waals surface area contributed by atoms with E-state index in [4.69, 9.17) is 0 Å². The summed E-state index contributed by atoms with van der Waals surface area (Å²) in [6.45, 7) is 7.17. The second kappa shape index (κ2) is 15.7. The van der Waals surface area contributed by atoms with E-state index in [-0.39, 0.29) is 114 Å². The monoisotopic (exact) mass is 479 g/mol. The predicted octanol–water partition coefficient (Wildman–Crippen LogP) is -9.13. The SMILES string of the molecule is CC(C)(C)c1ccc(CN(CCC(=O)[O-])Cc2ccc(C(=O)[O-])c(C(=O)[O-])c2)cc1.[Na+].[Na+].[Na+]. The first-order chi connectivity index (χ1) is 14.0. The fourth-order valence-electron chi connectivity index (χ4n) is 3.13. The molecule has 0 saturated carbocycles. The van der Waals surface area contributed by atoms with E-state index in [1.807, 2.05) is 29.2 Å². The number of hydrogen-bond donors (Lipinski definition) is 0. The quantitative estimate of drug-likeness (QED) is 0.327. The van der Waals surface area contributed by atoms with Crippen molar-refractivity contribution in [1.82, 2.24) is 4.90 Å². The number of nitrogens with zero attached hydrogens (tertiary/aromatic N) is 1. The third kappa shape index (κ3) is 11.4. The van der Waals surface area contributed by atoms with E-state index in [0.717, 1.165) is 11.6 Å². The summed E-state index contributed by atoms with van der Waals surface area (Å²) in [5, 5.41) is 33.3. The molecule has 0 amide bonds. The average Bonchev–Trinajstić information content (AvgIpc) is 2.65. The predicted molar refractivity (Wildman–Crippen MR) is 104 cm³/mol. The van der Waals surface area contributed by atoms with Crippen molar-refractivity contribution < 1.29 is 118 Å². The van der Waals surface area contributed by atoms with Gasteiger partial charge in [-0.3, -0.25) is 4.90 Å². The van der Waals surface area contributed by atoms with Crippen LogP contribution < -0.4 is 104 Å². The van der Waals surface area contributed by atoms with Crippen LogP contribution in [0.5, 0.6) is 0 Å². The van der Waals surface area contributed by atoms with Gasteiger partial charge in [-0.2, -0.15) is 0 Å². The number of aliphatic carboxylic acids is 1. The Balaban J connectivity index is 0. The Labute approximate surface area is 260 Å². The van der Waals surface area contributed by atoms with Crippen molar-refractivity contribution in [2.24, 2.45) is 0 Å². The summed E-state index contributed by atoms with van der Waals surface area (Å²) in [5.41, 5.74) is 1.73. The maximum absolute atomic E-state index is 11.3. The van der Waals surface area contributed by atoms with Crippen LogP contribution in [0.25, 0.3) is 0 Å². The van der Waals surface area contributed by atoms with Crippen molar-refractivity contribution >= 4 is 17.9 Å². The first-order valence-corrected chi connectivity index (χ1v) is 9.54. The van der Waals surface area contributed by atoms with Crippen LogP contribution in [0.3, 0.4) is 0 Å². The second-order valence-corrected chi connectivity index (χ2v) is 8.23. The minimum atomic E-state index is -1.62. The topological polar surface area (TPSA) is 124 Å². The number of aromatic carboxylic acids is 2. The summed E-state index contributed by atoms with van der Waals surface area (Å²) in [6.07, 6.45) is -0.190. The van der Waals surface area contributed by atoms with E-state index in [1.165, 1.54) is 17.7 Å². The first kappa shape index (κ1) is 35.0. The molecule has 0 spiro atoms. The van der Waals surface area contributed by atoms with Crippen LogP contribution in [-0.4, -0.2) is 29.4 Å². The molecule has 10 heteroatoms. The molecule has 0 fully saturated rings. The van der Waals surface area contributed by atoms with Gasteiger partial charge in [0.2, 0.25) is 0 Å². The number of rotatable bonds is 9. The molecule has 0 aliphatic carbocycles. The molecular weight excluding hydrogens is 455 g/mol. The maximum atomic E-state index is 11.3. The van der Waals surface area contributed by atoms with Crippen molar-refractivity contribution in [3.8, 4) is 0 Å². The molecule has 0 N–H and O–H groups in total. The van der Waals surface area contributed by atoms with E-state index < -0.39 is 29.0 Å². The van der Waals surface area contributed by atoms with Crippen LogP contribution in [-0.2, 0) is 23.3 Å². The molecular formula is C23H24NNa3O6. The molecule has 0 aliphatic heterocycles. The summed E-state index contributed by atoms with van der Waals surface area (Å²) < 4.78 is 0. The Kier molecular flexibility index (Phi) is 16.7. The van der Waals surface area contributed by atoms with Gasteiger partial charge in [-0.1, -0.05) is 57.2 Å². The van der Waals surface area contributed by atoms with Crippen LogP contribution >= 0.6 is 0 Å². The van der Waals surface area contributed by atoms with Gasteiger partial charge in [0.1, 0.15) is 0 Å². The standard InChI is InChI=1S/C23H27NO6.3Na/c1-23(2,3)17-7-4-15(5-8-17)13-24(11-10-20(25)26)14-16-6-9-18(21(27)28)19(12-16)22(29)30;;;/h4-9,12H,10-11,13-14H2,1-3H3,(H,25,26)(H,27,28)(H,29,30);;;/q;3*+1/p-3. The zero-order valence-corrected chi connectivity index (χ0v) is 26.3. The molecule has 0 heterocycles. The zero-order chi connectivity index (χ0) is 22.5. The molecule has 33 heavy (non-hydrogen) atoms. The molecule has 2 aromatic carbocycles. The van der Waals surface area contributed by atoms with E-state index in [9.17, 15) is 29.7 Å². The number of carboxylic acid groups (broad SMARTS) is 3. The van der Waals surface area contributed by atoms with Gasteiger partial charge in [0.05, 0.1) is 11.9 Å². The summed E-state index contributed by atoms with van der Waals surface area (Å²) in [6, 6.07) is 11.8. The van der Waals surface area contributed by atoms with Crippen molar-refractivity contribution in [2.45, 2.75) is 45.7 Å². The fourth-order valence-corrected chi connectivity index (χ4v) is 3.13. The summed E-state index contributed by atoms with van der Waals surface area (Å²) in [5.74, 6) is -4.41. The smallest absolute Gasteiger partial charge is 0.550 e. The van der Waals surface area contributed by atoms with Crippen LogP contribution in [0.4, 0.5) is 0 Å². The molecule has 2 aromatic rings. The number of carbonyl (C=O) groups is 3. The van der Waals surface area contributed by atoms with Gasteiger partial charge in [0.25, 0.3) is 0 Å². The van der Waals surface area contributed by atoms with Gasteiger partial charge >= 0.3 is 88.7 Å². The van der Waals surface area contributed by atoms with Crippen molar-refractivity contribution in [2.75, 3.05) is 6.54 Å². The molecule has 0 bridgehead atoms. The Morgan fingerprint density at radius 3 is 1.70 bits per heavy atom. The van der Waals surface area contributed by atoms with Crippen LogP contribution in [0.2, 0.25) is 0 Å². The number of carboxylic acids is 3. The Bertz CT molecular complexity index is 942. The molecule has 0 radical (unpaired) electrons. The molecule has 0 atom stereocenters. The number of hydrogen-bond acceptors (Lipinski definition) is 7. The minimum absolute atomic E-state index is 0. The Morgan fingerprint density at radius 2 is 1.24 bits per heavy atom. The van der Waals surface area contributed by atoms with Crippen LogP contribution in [0.1, 0.15) is 64.6 Å². The molecule has 0 aromatic heterocycles. The van der Waals surface area contributed by atoms with Crippen LogP contribution in [0, 0.1) is 0 Å². The molecule has 0 unspecified atom stereocenters. The van der Waals surface area contributed by atoms with Crippen molar-refractivity contribution in [3.05, 3.63) is 70.3 Å². The second-order valence-electron chi connectivity index (χ2n) is 8.23. The van der Waals surface area contributed by atoms with E-state index in [1.54, 1.807) is 0 Å². The molecule has 160 valence electrons. The van der Waals surface area contributed by atoms with Crippen molar-refractivity contribution in [3.63, 3.8) is 0 Å². The summed E-state index contributed by atoms with van der Waals surface area (Å²) >= 11 is 0. The first-order valence-electron chi connectivity index (χ1n) is 9.54. The molecule has 2 rings (SSSR count). The molecule has 7 nitrogen and oxygen atoms in total. The van der Waals surface area contributed by atoms with Gasteiger partial charge in [-0.15, -0.1) is 0 Å².